The van der Waals surface area contributed by atoms with Gasteiger partial charge < -0.3 is 15.5 Å². The van der Waals surface area contributed by atoms with Crippen molar-refractivity contribution in [1.82, 2.24) is 15.5 Å². The molecule has 26 heavy (non-hydrogen) atoms. The van der Waals surface area contributed by atoms with E-state index in [4.69, 9.17) is 4.99 Å². The predicted octanol–water partition coefficient (Wildman–Crippen LogP) is 3.14. The van der Waals surface area contributed by atoms with Gasteiger partial charge in [-0.05, 0) is 82.8 Å². The fraction of sp³-hybridized carbons (Fsp3) is 0.667. The number of nitrogens with one attached hydrogen (secondary N) is 2. The quantitative estimate of drug-likeness (QED) is 0.580. The lowest BCUT2D eigenvalue weighted by atomic mass is 9.94. The average Bonchev–Trinajstić information content (AvgIpc) is 3.43. The van der Waals surface area contributed by atoms with Crippen LogP contribution in [0.4, 0.5) is 4.39 Å². The highest BCUT2D eigenvalue weighted by atomic mass is 19.1. The Balaban J connectivity index is 1.51. The summed E-state index contributed by atoms with van der Waals surface area (Å²) < 4.78 is 13.5. The minimum absolute atomic E-state index is 0.0401. The summed E-state index contributed by atoms with van der Waals surface area (Å²) in [6, 6.07) is 7.02. The molecular weight excluding hydrogens is 327 g/mol. The van der Waals surface area contributed by atoms with Gasteiger partial charge in [0, 0.05) is 18.5 Å². The molecule has 3 rings (SSSR count). The topological polar surface area (TPSA) is 39.7 Å². The summed E-state index contributed by atoms with van der Waals surface area (Å²) in [5, 5.41) is 6.84. The number of likely N-dealkylation sites (tertiary alicyclic amines) is 1. The van der Waals surface area contributed by atoms with Crippen LogP contribution in [0.25, 0.3) is 0 Å². The summed E-state index contributed by atoms with van der Waals surface area (Å²) in [6.07, 6.45) is 5.99. The summed E-state index contributed by atoms with van der Waals surface area (Å²) in [5.41, 5.74) is 1.13. The third kappa shape index (κ3) is 5.19. The highest BCUT2D eigenvalue weighted by Crippen LogP contribution is 2.48. The molecule has 1 saturated heterocycles. The van der Waals surface area contributed by atoms with Crippen molar-refractivity contribution in [1.29, 1.82) is 0 Å². The number of benzene rings is 1. The number of aliphatic imine (C=N–C) groups is 1. The molecule has 2 aliphatic rings. The van der Waals surface area contributed by atoms with Crippen LogP contribution in [0.2, 0.25) is 0 Å². The van der Waals surface area contributed by atoms with Crippen molar-refractivity contribution in [2.75, 3.05) is 39.8 Å². The number of hydrogen-bond donors (Lipinski definition) is 2. The molecule has 2 N–H and O–H groups in total. The zero-order valence-electron chi connectivity index (χ0n) is 16.2. The number of rotatable bonds is 7. The third-order valence-electron chi connectivity index (χ3n) is 5.86. The maximum absolute atomic E-state index is 13.5. The predicted molar refractivity (Wildman–Crippen MR) is 106 cm³/mol. The van der Waals surface area contributed by atoms with Gasteiger partial charge in [0.1, 0.15) is 5.82 Å². The van der Waals surface area contributed by atoms with Crippen molar-refractivity contribution in [3.63, 3.8) is 0 Å². The molecule has 1 aromatic rings. The third-order valence-corrected chi connectivity index (χ3v) is 5.86. The monoisotopic (exact) mass is 360 g/mol. The second-order valence-corrected chi connectivity index (χ2v) is 7.95. The molecule has 2 fully saturated rings. The maximum atomic E-state index is 13.5. The van der Waals surface area contributed by atoms with Gasteiger partial charge in [-0.1, -0.05) is 12.1 Å². The Hall–Kier alpha value is -1.62. The molecule has 0 amide bonds. The molecule has 1 saturated carbocycles. The molecule has 0 bridgehead atoms. The highest BCUT2D eigenvalue weighted by molar-refractivity contribution is 5.79. The molecule has 5 heteroatoms. The average molecular weight is 361 g/mol. The molecule has 0 radical (unpaired) electrons. The van der Waals surface area contributed by atoms with E-state index < -0.39 is 0 Å². The maximum Gasteiger partial charge on any atom is 0.191 e. The lowest BCUT2D eigenvalue weighted by molar-refractivity contribution is 0.213. The van der Waals surface area contributed by atoms with Crippen LogP contribution >= 0.6 is 0 Å². The van der Waals surface area contributed by atoms with Crippen LogP contribution in [-0.4, -0.2) is 50.6 Å². The van der Waals surface area contributed by atoms with Gasteiger partial charge in [0.05, 0.1) is 6.54 Å². The molecule has 0 unspecified atom stereocenters. The van der Waals surface area contributed by atoms with Gasteiger partial charge in [-0.2, -0.15) is 0 Å². The SMILES string of the molecule is CCNC(=NCC1(c2cccc(F)c2)CC1)NCCC1CCN(C)CC1. The molecular formula is C21H33FN4. The lowest BCUT2D eigenvalue weighted by Gasteiger charge is -2.29. The van der Waals surface area contributed by atoms with Crippen molar-refractivity contribution >= 4 is 5.96 Å². The van der Waals surface area contributed by atoms with Crippen LogP contribution in [0.1, 0.15) is 44.6 Å². The van der Waals surface area contributed by atoms with Gasteiger partial charge in [0.25, 0.3) is 0 Å². The van der Waals surface area contributed by atoms with E-state index >= 15 is 0 Å². The first-order chi connectivity index (χ1) is 12.6. The second-order valence-electron chi connectivity index (χ2n) is 7.95. The number of guanidine groups is 1. The van der Waals surface area contributed by atoms with Crippen LogP contribution in [-0.2, 0) is 5.41 Å². The van der Waals surface area contributed by atoms with E-state index in [1.807, 2.05) is 6.07 Å². The zero-order chi connectivity index (χ0) is 18.4. The number of halogens is 1. The van der Waals surface area contributed by atoms with Crippen LogP contribution in [0, 0.1) is 11.7 Å². The molecule has 0 aromatic heterocycles. The first kappa shape index (κ1) is 19.2. The van der Waals surface area contributed by atoms with Gasteiger partial charge >= 0.3 is 0 Å². The van der Waals surface area contributed by atoms with Crippen molar-refractivity contribution in [3.05, 3.63) is 35.6 Å². The van der Waals surface area contributed by atoms with E-state index in [1.165, 1.54) is 38.4 Å². The van der Waals surface area contributed by atoms with Gasteiger partial charge in [-0.25, -0.2) is 4.39 Å². The van der Waals surface area contributed by atoms with Crippen molar-refractivity contribution < 1.29 is 4.39 Å². The van der Waals surface area contributed by atoms with Gasteiger partial charge in [0.15, 0.2) is 5.96 Å². The lowest BCUT2D eigenvalue weighted by Crippen LogP contribution is -2.39. The molecule has 1 heterocycles. The Morgan fingerprint density at radius 3 is 2.69 bits per heavy atom. The van der Waals surface area contributed by atoms with Crippen LogP contribution in [0.15, 0.2) is 29.3 Å². The molecule has 1 aliphatic carbocycles. The minimum atomic E-state index is -0.152. The van der Waals surface area contributed by atoms with Gasteiger partial charge in [0.2, 0.25) is 0 Å². The zero-order valence-corrected chi connectivity index (χ0v) is 16.2. The number of nitrogens with zero attached hydrogens (tertiary/aromatic N) is 2. The van der Waals surface area contributed by atoms with Crippen molar-refractivity contribution in [3.8, 4) is 0 Å². The van der Waals surface area contributed by atoms with Crippen LogP contribution in [0.5, 0.6) is 0 Å². The number of hydrogen-bond acceptors (Lipinski definition) is 2. The van der Waals surface area contributed by atoms with E-state index in [2.05, 4.69) is 29.5 Å². The minimum Gasteiger partial charge on any atom is -0.357 e. The van der Waals surface area contributed by atoms with E-state index in [9.17, 15) is 4.39 Å². The fourth-order valence-corrected chi connectivity index (χ4v) is 3.82. The Labute approximate surface area is 157 Å². The summed E-state index contributed by atoms with van der Waals surface area (Å²) in [6.45, 7) is 7.07. The van der Waals surface area contributed by atoms with E-state index in [0.29, 0.717) is 0 Å². The normalized spacial score (nSPS) is 20.8. The number of piperidine rings is 1. The Morgan fingerprint density at radius 2 is 2.04 bits per heavy atom. The smallest absolute Gasteiger partial charge is 0.191 e. The Kier molecular flexibility index (Phi) is 6.52. The van der Waals surface area contributed by atoms with Gasteiger partial charge in [-0.3, -0.25) is 4.99 Å². The summed E-state index contributed by atoms with van der Waals surface area (Å²) in [5.74, 6) is 1.56. The molecule has 1 aliphatic heterocycles. The molecule has 0 atom stereocenters. The summed E-state index contributed by atoms with van der Waals surface area (Å²) in [7, 11) is 2.21. The van der Waals surface area contributed by atoms with Crippen molar-refractivity contribution in [2.45, 2.75) is 44.4 Å². The molecule has 144 valence electrons. The van der Waals surface area contributed by atoms with E-state index in [-0.39, 0.29) is 11.2 Å². The van der Waals surface area contributed by atoms with Gasteiger partial charge in [-0.15, -0.1) is 0 Å². The molecule has 4 nitrogen and oxygen atoms in total. The second kappa shape index (κ2) is 8.85. The summed E-state index contributed by atoms with van der Waals surface area (Å²) >= 11 is 0. The van der Waals surface area contributed by atoms with Crippen LogP contribution < -0.4 is 10.6 Å². The first-order valence-corrected chi connectivity index (χ1v) is 10.1. The van der Waals surface area contributed by atoms with Crippen molar-refractivity contribution in [2.24, 2.45) is 10.9 Å². The van der Waals surface area contributed by atoms with E-state index in [0.717, 1.165) is 49.9 Å². The Morgan fingerprint density at radius 1 is 1.27 bits per heavy atom. The molecule has 1 aromatic carbocycles. The molecule has 0 spiro atoms. The largest absolute Gasteiger partial charge is 0.357 e. The highest BCUT2D eigenvalue weighted by Gasteiger charge is 2.44. The Bertz CT molecular complexity index is 604. The first-order valence-electron chi connectivity index (χ1n) is 10.1. The fourth-order valence-electron chi connectivity index (χ4n) is 3.82. The standard InChI is InChI=1S/C21H33FN4/c1-3-23-20(24-12-7-17-8-13-26(2)14-9-17)25-16-21(10-11-21)18-5-4-6-19(22)15-18/h4-6,15,17H,3,7-14,16H2,1-2H3,(H2,23,24,25). The van der Waals surface area contributed by atoms with E-state index in [1.54, 1.807) is 12.1 Å². The summed E-state index contributed by atoms with van der Waals surface area (Å²) in [4.78, 5) is 7.23. The van der Waals surface area contributed by atoms with Crippen LogP contribution in [0.3, 0.4) is 0 Å².